The first-order valence-electron chi connectivity index (χ1n) is 6.64. The summed E-state index contributed by atoms with van der Waals surface area (Å²) >= 11 is 5.17. The fourth-order valence-corrected chi connectivity index (χ4v) is 3.24. The minimum Gasteiger partial charge on any atom is -0.355 e. The molecule has 1 spiro atoms. The number of hydrogen-bond donors (Lipinski definition) is 2. The number of aromatic nitrogens is 1. The van der Waals surface area contributed by atoms with Gasteiger partial charge in [-0.1, -0.05) is 6.07 Å². The van der Waals surface area contributed by atoms with Crippen molar-refractivity contribution in [1.29, 1.82) is 0 Å². The van der Waals surface area contributed by atoms with Gasteiger partial charge in [0.1, 0.15) is 5.82 Å². The molecule has 0 saturated carbocycles. The Hall–Kier alpha value is -1.40. The first-order chi connectivity index (χ1) is 9.22. The molecule has 0 bridgehead atoms. The number of hydrazine groups is 1. The highest BCUT2D eigenvalue weighted by molar-refractivity contribution is 7.80. The average molecular weight is 277 g/mol. The number of hydrogen-bond acceptors (Lipinski definition) is 4. The van der Waals surface area contributed by atoms with Crippen molar-refractivity contribution in [3.05, 3.63) is 24.4 Å². The Morgan fingerprint density at radius 3 is 2.63 bits per heavy atom. The van der Waals surface area contributed by atoms with Crippen molar-refractivity contribution in [3.8, 4) is 0 Å². The zero-order chi connectivity index (χ0) is 13.3. The largest absolute Gasteiger partial charge is 0.355 e. The molecule has 3 rings (SSSR count). The van der Waals surface area contributed by atoms with E-state index in [1.807, 2.05) is 18.3 Å². The van der Waals surface area contributed by atoms with Gasteiger partial charge in [-0.25, -0.2) is 10.8 Å². The first-order valence-corrected chi connectivity index (χ1v) is 7.05. The van der Waals surface area contributed by atoms with Crippen LogP contribution in [0.1, 0.15) is 12.8 Å². The summed E-state index contributed by atoms with van der Waals surface area (Å²) in [6.45, 7) is 4.22. The molecule has 6 heteroatoms. The highest BCUT2D eigenvalue weighted by atomic mass is 32.1. The van der Waals surface area contributed by atoms with Crippen LogP contribution in [-0.2, 0) is 0 Å². The Balaban J connectivity index is 1.55. The number of thiocarbonyl (C=S) groups is 1. The van der Waals surface area contributed by atoms with Crippen molar-refractivity contribution in [2.75, 3.05) is 31.1 Å². The van der Waals surface area contributed by atoms with Gasteiger partial charge in [0.15, 0.2) is 5.11 Å². The Morgan fingerprint density at radius 2 is 2.05 bits per heavy atom. The van der Waals surface area contributed by atoms with E-state index in [2.05, 4.69) is 26.3 Å². The molecule has 2 aliphatic heterocycles. The molecular formula is C13H19N5S. The number of pyridine rings is 1. The monoisotopic (exact) mass is 277 g/mol. The van der Waals surface area contributed by atoms with Gasteiger partial charge in [0.25, 0.3) is 0 Å². The van der Waals surface area contributed by atoms with Crippen LogP contribution in [0.4, 0.5) is 5.82 Å². The minimum absolute atomic E-state index is 0.457. The van der Waals surface area contributed by atoms with E-state index in [0.29, 0.717) is 10.5 Å². The van der Waals surface area contributed by atoms with Gasteiger partial charge in [0.05, 0.1) is 0 Å². The third-order valence-corrected chi connectivity index (χ3v) is 4.64. The summed E-state index contributed by atoms with van der Waals surface area (Å²) in [5.74, 6) is 6.46. The summed E-state index contributed by atoms with van der Waals surface area (Å²) in [6, 6.07) is 6.08. The third-order valence-electron chi connectivity index (χ3n) is 4.26. The van der Waals surface area contributed by atoms with E-state index in [-0.39, 0.29) is 0 Å². The van der Waals surface area contributed by atoms with Crippen molar-refractivity contribution in [3.63, 3.8) is 0 Å². The second kappa shape index (κ2) is 4.94. The number of anilines is 1. The minimum atomic E-state index is 0.457. The second-order valence-corrected chi connectivity index (χ2v) is 5.87. The number of piperidine rings is 1. The molecule has 0 atom stereocenters. The van der Waals surface area contributed by atoms with E-state index in [4.69, 9.17) is 18.1 Å². The van der Waals surface area contributed by atoms with Gasteiger partial charge in [-0.3, -0.25) is 0 Å². The molecule has 102 valence electrons. The standard InChI is InChI=1S/C13H19N5S/c14-16-12(19)17-7-4-13(5-8-17)9-18(10-13)11-3-1-2-6-15-11/h1-3,6H,4-5,7-10,14H2,(H,16,19). The lowest BCUT2D eigenvalue weighted by Gasteiger charge is -2.54. The maximum atomic E-state index is 5.37. The zero-order valence-corrected chi connectivity index (χ0v) is 11.7. The summed E-state index contributed by atoms with van der Waals surface area (Å²) in [7, 11) is 0. The molecule has 2 saturated heterocycles. The topological polar surface area (TPSA) is 57.4 Å². The van der Waals surface area contributed by atoms with Crippen LogP contribution in [0.5, 0.6) is 0 Å². The number of nitrogens with zero attached hydrogens (tertiary/aromatic N) is 3. The van der Waals surface area contributed by atoms with E-state index in [9.17, 15) is 0 Å². The molecule has 0 aromatic carbocycles. The van der Waals surface area contributed by atoms with Crippen molar-refractivity contribution in [2.24, 2.45) is 11.3 Å². The number of nitrogens with two attached hydrogens (primary N) is 1. The van der Waals surface area contributed by atoms with Gasteiger partial charge < -0.3 is 15.2 Å². The van der Waals surface area contributed by atoms with Crippen LogP contribution in [0.3, 0.4) is 0 Å². The first kappa shape index (κ1) is 12.6. The summed E-state index contributed by atoms with van der Waals surface area (Å²) in [4.78, 5) is 8.92. The molecule has 0 radical (unpaired) electrons. The van der Waals surface area contributed by atoms with Gasteiger partial charge in [-0.05, 0) is 37.2 Å². The zero-order valence-electron chi connectivity index (χ0n) is 10.9. The molecule has 0 amide bonds. The lowest BCUT2D eigenvalue weighted by atomic mass is 9.72. The smallest absolute Gasteiger partial charge is 0.183 e. The van der Waals surface area contributed by atoms with Crippen LogP contribution in [0.25, 0.3) is 0 Å². The fourth-order valence-electron chi connectivity index (χ4n) is 3.06. The average Bonchev–Trinajstić information content (AvgIpc) is 2.45. The Labute approximate surface area is 118 Å². The lowest BCUT2D eigenvalue weighted by molar-refractivity contribution is 0.109. The number of likely N-dealkylation sites (tertiary alicyclic amines) is 1. The maximum Gasteiger partial charge on any atom is 0.183 e. The molecule has 2 aliphatic rings. The van der Waals surface area contributed by atoms with Gasteiger partial charge in [-0.15, -0.1) is 0 Å². The fraction of sp³-hybridized carbons (Fsp3) is 0.538. The van der Waals surface area contributed by atoms with E-state index in [1.54, 1.807) is 0 Å². The molecule has 3 N–H and O–H groups in total. The van der Waals surface area contributed by atoms with E-state index >= 15 is 0 Å². The second-order valence-electron chi connectivity index (χ2n) is 5.48. The van der Waals surface area contributed by atoms with Crippen LogP contribution < -0.4 is 16.2 Å². The molecule has 0 aliphatic carbocycles. The molecule has 19 heavy (non-hydrogen) atoms. The van der Waals surface area contributed by atoms with E-state index in [0.717, 1.165) is 32.0 Å². The van der Waals surface area contributed by atoms with Crippen LogP contribution in [0, 0.1) is 5.41 Å². The highest BCUT2D eigenvalue weighted by Crippen LogP contribution is 2.41. The molecule has 1 aromatic rings. The summed E-state index contributed by atoms with van der Waals surface area (Å²) in [5, 5.41) is 0.663. The van der Waals surface area contributed by atoms with E-state index in [1.165, 1.54) is 12.8 Å². The van der Waals surface area contributed by atoms with Crippen molar-refractivity contribution >= 4 is 23.1 Å². The lowest BCUT2D eigenvalue weighted by Crippen LogP contribution is -2.62. The molecular weight excluding hydrogens is 258 g/mol. The van der Waals surface area contributed by atoms with Gasteiger partial charge in [0.2, 0.25) is 0 Å². The molecule has 5 nitrogen and oxygen atoms in total. The van der Waals surface area contributed by atoms with Gasteiger partial charge >= 0.3 is 0 Å². The predicted molar refractivity (Wildman–Crippen MR) is 79.6 cm³/mol. The van der Waals surface area contributed by atoms with Crippen LogP contribution >= 0.6 is 12.2 Å². The van der Waals surface area contributed by atoms with E-state index < -0.39 is 0 Å². The third kappa shape index (κ3) is 2.37. The van der Waals surface area contributed by atoms with Crippen molar-refractivity contribution < 1.29 is 0 Å². The van der Waals surface area contributed by atoms with Crippen molar-refractivity contribution in [2.45, 2.75) is 12.8 Å². The molecule has 0 unspecified atom stereocenters. The van der Waals surface area contributed by atoms with Gasteiger partial charge in [0, 0.05) is 37.8 Å². The number of nitrogens with one attached hydrogen (secondary N) is 1. The molecule has 1 aromatic heterocycles. The van der Waals surface area contributed by atoms with Crippen LogP contribution in [0.15, 0.2) is 24.4 Å². The quantitative estimate of drug-likeness (QED) is 0.448. The summed E-state index contributed by atoms with van der Waals surface area (Å²) in [6.07, 6.45) is 4.21. The molecule has 3 heterocycles. The Morgan fingerprint density at radius 1 is 1.32 bits per heavy atom. The highest BCUT2D eigenvalue weighted by Gasteiger charge is 2.45. The Kier molecular flexibility index (Phi) is 3.28. The summed E-state index contributed by atoms with van der Waals surface area (Å²) in [5.41, 5.74) is 3.03. The SMILES string of the molecule is NNC(=S)N1CCC2(CC1)CN(c1ccccn1)C2. The predicted octanol–water partition coefficient (Wildman–Crippen LogP) is 0.732. The summed E-state index contributed by atoms with van der Waals surface area (Å²) < 4.78 is 0. The van der Waals surface area contributed by atoms with Gasteiger partial charge in [-0.2, -0.15) is 0 Å². The van der Waals surface area contributed by atoms with Crippen LogP contribution in [0.2, 0.25) is 0 Å². The number of rotatable bonds is 1. The van der Waals surface area contributed by atoms with Crippen LogP contribution in [-0.4, -0.2) is 41.2 Å². The molecule has 2 fully saturated rings. The normalized spacial score (nSPS) is 21.1. The maximum absolute atomic E-state index is 5.37. The Bertz CT molecular complexity index is 447. The van der Waals surface area contributed by atoms with Crippen molar-refractivity contribution in [1.82, 2.24) is 15.3 Å².